The number of amides is 2. The lowest BCUT2D eigenvalue weighted by Gasteiger charge is -2.37. The molecule has 6 nitrogen and oxygen atoms in total. The first kappa shape index (κ1) is 37.5. The number of rotatable bonds is 12. The Morgan fingerprint density at radius 2 is 0.818 bits per heavy atom. The minimum atomic E-state index is -0.726. The Balaban J connectivity index is 0.000000169. The molecule has 2 saturated heterocycles. The maximum absolute atomic E-state index is 12.0. The molecule has 2 aliphatic heterocycles. The van der Waals surface area contributed by atoms with Gasteiger partial charge in [-0.15, -0.1) is 0 Å². The number of carbonyl (C=O) groups excluding carboxylic acids is 2. The molecule has 6 heteroatoms. The number of ether oxygens (including phenoxy) is 2. The fourth-order valence-corrected chi connectivity index (χ4v) is 7.85. The van der Waals surface area contributed by atoms with Crippen LogP contribution in [-0.4, -0.2) is 49.1 Å². The Morgan fingerprint density at radius 3 is 1.09 bits per heavy atom. The first-order chi connectivity index (χ1) is 27.0. The summed E-state index contributed by atoms with van der Waals surface area (Å²) in [5, 5.41) is 3.02. The Hall–Kier alpha value is -5.82. The minimum absolute atomic E-state index is 0.0491. The third-order valence-electron chi connectivity index (χ3n) is 10.8. The van der Waals surface area contributed by atoms with Gasteiger partial charge in [-0.05, 0) is 46.2 Å². The Bertz CT molecular complexity index is 1900. The highest BCUT2D eigenvalue weighted by Crippen LogP contribution is 2.42. The lowest BCUT2D eigenvalue weighted by molar-refractivity contribution is -0.129. The van der Waals surface area contributed by atoms with E-state index in [1.165, 1.54) is 0 Å². The summed E-state index contributed by atoms with van der Waals surface area (Å²) in [7, 11) is 1.87. The van der Waals surface area contributed by atoms with Crippen molar-refractivity contribution in [1.29, 1.82) is 0 Å². The number of hydrogen-bond acceptors (Lipinski definition) is 4. The number of likely N-dealkylation sites (tertiary alicyclic amines) is 1. The first-order valence-corrected chi connectivity index (χ1v) is 19.2. The van der Waals surface area contributed by atoms with Crippen molar-refractivity contribution in [2.75, 3.05) is 20.3 Å². The zero-order valence-electron chi connectivity index (χ0n) is 31.3. The van der Waals surface area contributed by atoms with Crippen molar-refractivity contribution in [3.8, 4) is 0 Å². The molecule has 8 rings (SSSR count). The molecule has 278 valence electrons. The molecular formula is C49H48N2O4. The highest BCUT2D eigenvalue weighted by atomic mass is 16.5. The maximum atomic E-state index is 12.0. The van der Waals surface area contributed by atoms with E-state index < -0.39 is 11.2 Å². The van der Waals surface area contributed by atoms with Gasteiger partial charge in [0, 0.05) is 19.9 Å². The molecule has 2 heterocycles. The van der Waals surface area contributed by atoms with Crippen LogP contribution >= 0.6 is 0 Å². The van der Waals surface area contributed by atoms with Gasteiger partial charge in [0.05, 0.1) is 25.3 Å². The number of nitrogens with zero attached hydrogens (tertiary/aromatic N) is 1. The quantitative estimate of drug-likeness (QED) is 0.128. The summed E-state index contributed by atoms with van der Waals surface area (Å²) in [5.74, 6) is 0.298. The summed E-state index contributed by atoms with van der Waals surface area (Å²) < 4.78 is 13.5. The van der Waals surface area contributed by atoms with Gasteiger partial charge in [-0.3, -0.25) is 9.59 Å². The summed E-state index contributed by atoms with van der Waals surface area (Å²) in [5.41, 5.74) is 5.02. The predicted octanol–water partition coefficient (Wildman–Crippen LogP) is 8.89. The molecule has 0 saturated carbocycles. The van der Waals surface area contributed by atoms with Gasteiger partial charge in [-0.1, -0.05) is 182 Å². The lowest BCUT2D eigenvalue weighted by Crippen LogP contribution is -2.39. The van der Waals surface area contributed by atoms with Gasteiger partial charge < -0.3 is 19.7 Å². The molecule has 0 radical (unpaired) electrons. The normalized spacial score (nSPS) is 17.0. The average Bonchev–Trinajstić information content (AvgIpc) is 3.83. The molecule has 2 fully saturated rings. The molecule has 2 aliphatic rings. The predicted molar refractivity (Wildman–Crippen MR) is 217 cm³/mol. The van der Waals surface area contributed by atoms with Crippen LogP contribution in [0.3, 0.4) is 0 Å². The second-order valence-electron chi connectivity index (χ2n) is 14.2. The molecule has 2 amide bonds. The van der Waals surface area contributed by atoms with Crippen LogP contribution in [0.25, 0.3) is 0 Å². The van der Waals surface area contributed by atoms with Crippen LogP contribution in [0.2, 0.25) is 0 Å². The summed E-state index contributed by atoms with van der Waals surface area (Å²) in [6.07, 6.45) is 2.82. The molecule has 6 aromatic carbocycles. The molecule has 0 unspecified atom stereocenters. The number of benzene rings is 6. The van der Waals surface area contributed by atoms with Crippen molar-refractivity contribution in [3.63, 3.8) is 0 Å². The van der Waals surface area contributed by atoms with Gasteiger partial charge in [0.25, 0.3) is 0 Å². The van der Waals surface area contributed by atoms with Crippen LogP contribution in [0.5, 0.6) is 0 Å². The van der Waals surface area contributed by atoms with Gasteiger partial charge >= 0.3 is 0 Å². The average molecular weight is 729 g/mol. The molecular weight excluding hydrogens is 681 g/mol. The van der Waals surface area contributed by atoms with Crippen LogP contribution in [0.4, 0.5) is 0 Å². The van der Waals surface area contributed by atoms with Crippen LogP contribution in [0.1, 0.15) is 59.1 Å². The van der Waals surface area contributed by atoms with E-state index >= 15 is 0 Å². The molecule has 2 atom stereocenters. The maximum Gasteiger partial charge on any atom is 0.222 e. The van der Waals surface area contributed by atoms with Crippen molar-refractivity contribution < 1.29 is 19.1 Å². The van der Waals surface area contributed by atoms with Crippen LogP contribution in [0, 0.1) is 0 Å². The lowest BCUT2D eigenvalue weighted by atomic mass is 9.80. The largest absolute Gasteiger partial charge is 0.359 e. The second kappa shape index (κ2) is 17.5. The molecule has 55 heavy (non-hydrogen) atoms. The minimum Gasteiger partial charge on any atom is -0.359 e. The van der Waals surface area contributed by atoms with Crippen molar-refractivity contribution >= 4 is 11.8 Å². The molecule has 0 spiro atoms. The van der Waals surface area contributed by atoms with Gasteiger partial charge in [-0.25, -0.2) is 0 Å². The Morgan fingerprint density at radius 1 is 0.491 bits per heavy atom. The fraction of sp³-hybridized carbons (Fsp3) is 0.224. The Kier molecular flexibility index (Phi) is 12.0. The molecule has 0 aliphatic carbocycles. The van der Waals surface area contributed by atoms with E-state index in [2.05, 4.69) is 78.1 Å². The zero-order valence-corrected chi connectivity index (χ0v) is 31.3. The molecule has 0 aromatic heterocycles. The van der Waals surface area contributed by atoms with E-state index in [4.69, 9.17) is 9.47 Å². The van der Waals surface area contributed by atoms with E-state index in [9.17, 15) is 9.59 Å². The highest BCUT2D eigenvalue weighted by Gasteiger charge is 2.40. The van der Waals surface area contributed by atoms with Crippen LogP contribution in [0.15, 0.2) is 182 Å². The van der Waals surface area contributed by atoms with E-state index in [1.807, 2.05) is 121 Å². The number of nitrogens with one attached hydrogen (secondary N) is 1. The SMILES string of the molecule is CN1C(=O)CC[C@H]1COC(c1ccccc1)(c1ccccc1)c1ccccc1.O=C1CC[C@@H](COC(c2ccccc2)(c2ccccc2)c2ccccc2)N1. The first-order valence-electron chi connectivity index (χ1n) is 19.2. The number of carbonyl (C=O) groups is 2. The van der Waals surface area contributed by atoms with E-state index in [1.54, 1.807) is 0 Å². The number of likely N-dealkylation sites (N-methyl/N-ethyl adjacent to an activating group) is 1. The monoisotopic (exact) mass is 728 g/mol. The topological polar surface area (TPSA) is 67.9 Å². The zero-order chi connectivity index (χ0) is 37.9. The third kappa shape index (κ3) is 8.16. The van der Waals surface area contributed by atoms with E-state index in [-0.39, 0.29) is 23.9 Å². The number of hydrogen-bond donors (Lipinski definition) is 1. The van der Waals surface area contributed by atoms with Crippen LogP contribution in [-0.2, 0) is 30.3 Å². The Labute approximate surface area is 324 Å². The summed E-state index contributed by atoms with van der Waals surface area (Å²) in [6.45, 7) is 0.950. The van der Waals surface area contributed by atoms with Gasteiger partial charge in [0.2, 0.25) is 11.8 Å². The van der Waals surface area contributed by atoms with Crippen molar-refractivity contribution in [2.45, 2.75) is 49.0 Å². The van der Waals surface area contributed by atoms with Gasteiger partial charge in [-0.2, -0.15) is 0 Å². The highest BCUT2D eigenvalue weighted by molar-refractivity contribution is 5.78. The summed E-state index contributed by atoms with van der Waals surface area (Å²) in [4.78, 5) is 25.4. The summed E-state index contributed by atoms with van der Waals surface area (Å²) in [6, 6.07) is 62.1. The van der Waals surface area contributed by atoms with Crippen molar-refractivity contribution in [3.05, 3.63) is 215 Å². The standard InChI is InChI=1S/C25H25NO2.C24H23NO2/c1-26-23(17-18-24(26)27)19-28-25(20-11-5-2-6-12-20,21-13-7-3-8-14-21)22-15-9-4-10-16-22;26-23-17-16-22(25-23)18-27-24(19-10-4-1-5-11-19,20-12-6-2-7-13-20)21-14-8-3-9-15-21/h2-16,23H,17-19H2,1H3;1-15,22H,16-18H2,(H,25,26)/t23-;22-/m00/s1. The molecule has 0 bridgehead atoms. The summed E-state index contributed by atoms with van der Waals surface area (Å²) >= 11 is 0. The van der Waals surface area contributed by atoms with Gasteiger partial charge in [0.1, 0.15) is 11.2 Å². The molecule has 1 N–H and O–H groups in total. The third-order valence-corrected chi connectivity index (χ3v) is 10.8. The van der Waals surface area contributed by atoms with Gasteiger partial charge in [0.15, 0.2) is 0 Å². The van der Waals surface area contributed by atoms with E-state index in [0.29, 0.717) is 26.1 Å². The second-order valence-corrected chi connectivity index (χ2v) is 14.2. The molecule has 6 aromatic rings. The fourth-order valence-electron chi connectivity index (χ4n) is 7.85. The van der Waals surface area contributed by atoms with E-state index in [0.717, 1.165) is 46.2 Å². The van der Waals surface area contributed by atoms with Crippen molar-refractivity contribution in [2.24, 2.45) is 0 Å². The van der Waals surface area contributed by atoms with Crippen LogP contribution < -0.4 is 5.32 Å². The van der Waals surface area contributed by atoms with Crippen molar-refractivity contribution in [1.82, 2.24) is 10.2 Å². The smallest absolute Gasteiger partial charge is 0.222 e.